The molecule has 2 N–H and O–H groups in total. The second-order valence-corrected chi connectivity index (χ2v) is 9.57. The minimum absolute atomic E-state index is 0. The number of non-ortho nitro benzene ring substituents is 1. The van der Waals surface area contributed by atoms with Crippen molar-refractivity contribution in [3.8, 4) is 5.75 Å². The van der Waals surface area contributed by atoms with Crippen molar-refractivity contribution in [2.75, 3.05) is 6.26 Å². The molecule has 0 amide bonds. The average Bonchev–Trinajstić information content (AvgIpc) is 2.65. The quantitative estimate of drug-likeness (QED) is 0.177. The number of nitro groups is 1. The van der Waals surface area contributed by atoms with Crippen LogP contribution in [0.5, 0.6) is 5.75 Å². The van der Waals surface area contributed by atoms with E-state index in [0.717, 1.165) is 36.6 Å². The summed E-state index contributed by atoms with van der Waals surface area (Å²) in [5.41, 5.74) is -0.552. The van der Waals surface area contributed by atoms with Crippen LogP contribution in [0.15, 0.2) is 68.6 Å². The van der Waals surface area contributed by atoms with Gasteiger partial charge in [0.15, 0.2) is 9.84 Å². The van der Waals surface area contributed by atoms with Gasteiger partial charge < -0.3 is 6.53 Å². The molecule has 11 nitrogen and oxygen atoms in total. The third-order valence-corrected chi connectivity index (χ3v) is 6.03. The predicted octanol–water partition coefficient (Wildman–Crippen LogP) is 0.636. The van der Waals surface area contributed by atoms with E-state index in [0.29, 0.717) is 0 Å². The molecule has 0 saturated carbocycles. The number of rotatable bonds is 5. The number of hydrogen-bond donors (Lipinski definition) is 2. The first-order chi connectivity index (χ1) is 13.9. The molecule has 0 radical (unpaired) electrons. The molecule has 0 fully saturated rings. The summed E-state index contributed by atoms with van der Waals surface area (Å²) in [6.45, 7) is 0. The Morgan fingerprint density at radius 2 is 1.55 bits per heavy atom. The van der Waals surface area contributed by atoms with Crippen molar-refractivity contribution >= 4 is 47.8 Å². The number of phenolic OH excluding ortho intramolecular Hbond substituents is 1. The maximum atomic E-state index is 12.0. The van der Waals surface area contributed by atoms with Gasteiger partial charge in [-0.2, -0.15) is 8.42 Å². The van der Waals surface area contributed by atoms with Gasteiger partial charge in [0.1, 0.15) is 16.3 Å². The number of nitrogens with zero attached hydrogens (tertiary/aromatic N) is 3. The van der Waals surface area contributed by atoms with E-state index in [1.54, 1.807) is 0 Å². The number of azo groups is 1. The van der Waals surface area contributed by atoms with Gasteiger partial charge in [-0.15, -0.1) is 10.2 Å². The number of nitro benzene ring substituents is 1. The van der Waals surface area contributed by atoms with Gasteiger partial charge >= 0.3 is 29.6 Å². The summed E-state index contributed by atoms with van der Waals surface area (Å²) in [5.74, 6) is -0.182. The molecule has 0 aromatic heterocycles. The molecular weight excluding hydrogens is 461 g/mol. The van der Waals surface area contributed by atoms with Crippen LogP contribution in [0.1, 0.15) is 1.43 Å². The molecule has 14 heteroatoms. The van der Waals surface area contributed by atoms with E-state index in [2.05, 4.69) is 10.2 Å². The Labute approximate surface area is 200 Å². The Hall–Kier alpha value is -2.42. The number of sulfone groups is 1. The van der Waals surface area contributed by atoms with Crippen LogP contribution in [0.4, 0.5) is 17.1 Å². The summed E-state index contributed by atoms with van der Waals surface area (Å²) in [6.07, 6.45) is 0.861. The normalized spacial score (nSPS) is 12.1. The second kappa shape index (κ2) is 8.98. The number of hydrogen-bond acceptors (Lipinski definition) is 9. The Morgan fingerprint density at radius 3 is 2.13 bits per heavy atom. The Bertz CT molecular complexity index is 1440. The van der Waals surface area contributed by atoms with Gasteiger partial charge in [0.05, 0.1) is 15.5 Å². The number of fused-ring (bicyclic) bond motifs is 1. The first kappa shape index (κ1) is 24.8. The molecule has 0 aliphatic heterocycles. The van der Waals surface area contributed by atoms with E-state index in [1.165, 1.54) is 18.2 Å². The van der Waals surface area contributed by atoms with E-state index in [-0.39, 0.29) is 58.9 Å². The summed E-state index contributed by atoms with van der Waals surface area (Å²) in [4.78, 5) is 9.32. The van der Waals surface area contributed by atoms with Crippen LogP contribution in [0.3, 0.4) is 0 Å². The summed E-state index contributed by atoms with van der Waals surface area (Å²) in [5, 5.41) is 29.0. The van der Waals surface area contributed by atoms with Crippen LogP contribution in [-0.2, 0) is 20.0 Å². The fourth-order valence-electron chi connectivity index (χ4n) is 2.65. The molecule has 0 atom stereocenters. The van der Waals surface area contributed by atoms with Gasteiger partial charge in [-0.3, -0.25) is 14.7 Å². The van der Waals surface area contributed by atoms with Crippen LogP contribution >= 0.6 is 0 Å². The molecule has 0 bridgehead atoms. The van der Waals surface area contributed by atoms with Crippen LogP contribution in [-0.4, -0.2) is 37.7 Å². The van der Waals surface area contributed by atoms with Crippen molar-refractivity contribution in [2.45, 2.75) is 9.79 Å². The van der Waals surface area contributed by atoms with Crippen LogP contribution in [0.25, 0.3) is 10.8 Å². The molecule has 0 heterocycles. The molecule has 0 aliphatic carbocycles. The van der Waals surface area contributed by atoms with Crippen LogP contribution in [0.2, 0.25) is 0 Å². The maximum Gasteiger partial charge on any atom is 1.00 e. The largest absolute Gasteiger partial charge is 1.00 e. The van der Waals surface area contributed by atoms with E-state index in [9.17, 15) is 36.6 Å². The molecule has 158 valence electrons. The van der Waals surface area contributed by atoms with Gasteiger partial charge in [0.25, 0.3) is 15.8 Å². The minimum atomic E-state index is -4.53. The molecule has 3 rings (SSSR count). The van der Waals surface area contributed by atoms with Crippen molar-refractivity contribution in [1.29, 1.82) is 0 Å². The zero-order valence-corrected chi connectivity index (χ0v) is 19.8. The molecule has 3 aromatic carbocycles. The zero-order valence-electron chi connectivity index (χ0n) is 17.1. The summed E-state index contributed by atoms with van der Waals surface area (Å²) in [6, 6.07) is 9.05. The Kier molecular flexibility index (Phi) is 7.20. The minimum Gasteiger partial charge on any atom is -1.00 e. The van der Waals surface area contributed by atoms with Gasteiger partial charge in [0.2, 0.25) is 0 Å². The molecule has 0 spiro atoms. The van der Waals surface area contributed by atoms with Crippen molar-refractivity contribution < 1.29 is 62.4 Å². The molecule has 31 heavy (non-hydrogen) atoms. The predicted molar refractivity (Wildman–Crippen MR) is 107 cm³/mol. The summed E-state index contributed by atoms with van der Waals surface area (Å²) >= 11 is 0. The topological polar surface area (TPSA) is 177 Å². The number of phenols is 1. The molecular formula is C17H14N3NaO8S2. The number of benzene rings is 3. The SMILES string of the molecule is CS(=O)(=O)c1cc([N+](=O)[O-])ccc1N=Nc1ccc(O)c2ccc(S(=O)(=O)O)cc12.[H-].[Na+]. The van der Waals surface area contributed by atoms with Crippen molar-refractivity contribution in [2.24, 2.45) is 10.2 Å². The van der Waals surface area contributed by atoms with Crippen molar-refractivity contribution in [3.05, 3.63) is 58.6 Å². The number of aromatic hydroxyl groups is 1. The summed E-state index contributed by atoms with van der Waals surface area (Å²) in [7, 11) is -8.41. The average molecular weight is 475 g/mol. The second-order valence-electron chi connectivity index (χ2n) is 6.17. The Morgan fingerprint density at radius 1 is 0.935 bits per heavy atom. The third kappa shape index (κ3) is 5.44. The van der Waals surface area contributed by atoms with E-state index in [4.69, 9.17) is 0 Å². The fourth-order valence-corrected chi connectivity index (χ4v) is 3.98. The smallest absolute Gasteiger partial charge is 1.00 e. The zero-order chi connectivity index (χ0) is 22.3. The van der Waals surface area contributed by atoms with E-state index < -0.39 is 40.4 Å². The van der Waals surface area contributed by atoms with Gasteiger partial charge in [-0.1, -0.05) is 0 Å². The molecule has 0 unspecified atom stereocenters. The molecule has 0 aliphatic rings. The van der Waals surface area contributed by atoms with Crippen molar-refractivity contribution in [3.63, 3.8) is 0 Å². The van der Waals surface area contributed by atoms with Gasteiger partial charge in [0, 0.05) is 29.2 Å². The van der Waals surface area contributed by atoms with E-state index >= 15 is 0 Å². The van der Waals surface area contributed by atoms with Crippen LogP contribution < -0.4 is 29.6 Å². The standard InChI is InChI=1S/C17H13N3O8S2.Na.H/c1-29(24,25)17-8-10(20(22)23)2-5-15(17)19-18-14-6-7-16(21)12-4-3-11(9-13(12)14)30(26,27)28;;/h2-9,21H,1H3,(H,26,27,28);;/q;+1;-1. The monoisotopic (exact) mass is 475 g/mol. The van der Waals surface area contributed by atoms with Gasteiger partial charge in [-0.05, 0) is 36.4 Å². The first-order valence-corrected chi connectivity index (χ1v) is 11.3. The van der Waals surface area contributed by atoms with Gasteiger partial charge in [-0.25, -0.2) is 8.42 Å². The van der Waals surface area contributed by atoms with E-state index in [1.807, 2.05) is 0 Å². The molecule has 3 aromatic rings. The summed E-state index contributed by atoms with van der Waals surface area (Å²) < 4.78 is 56.1. The third-order valence-electron chi connectivity index (χ3n) is 4.06. The molecule has 0 saturated heterocycles. The van der Waals surface area contributed by atoms with Crippen LogP contribution in [0, 0.1) is 10.1 Å². The Balaban J connectivity index is 0.00000256. The maximum absolute atomic E-state index is 12.0. The first-order valence-electron chi connectivity index (χ1n) is 8.01. The fraction of sp³-hybridized carbons (Fsp3) is 0.0588. The van der Waals surface area contributed by atoms with Crippen molar-refractivity contribution in [1.82, 2.24) is 0 Å².